The second kappa shape index (κ2) is 11.0. The lowest BCUT2D eigenvalue weighted by Crippen LogP contribution is -2.42. The number of aliphatic imine (C=N–C) groups is 1. The van der Waals surface area contributed by atoms with Crippen molar-refractivity contribution in [2.75, 3.05) is 40.3 Å². The Hall–Kier alpha value is -2.31. The Bertz CT molecular complexity index is 750. The molecule has 29 heavy (non-hydrogen) atoms. The highest BCUT2D eigenvalue weighted by Gasteiger charge is 2.25. The first kappa shape index (κ1) is 21.4. The number of rotatable bonds is 9. The predicted molar refractivity (Wildman–Crippen MR) is 119 cm³/mol. The fraction of sp³-hybridized carbons (Fsp3) is 0.522. The molecule has 0 radical (unpaired) electrons. The third kappa shape index (κ3) is 6.61. The van der Waals surface area contributed by atoms with Gasteiger partial charge in [-0.3, -0.25) is 4.90 Å². The molecular weight excluding hydrogens is 362 g/mol. The molecule has 1 aromatic heterocycles. The smallest absolute Gasteiger partial charge is 0.191 e. The van der Waals surface area contributed by atoms with Crippen LogP contribution in [0.25, 0.3) is 0 Å². The molecule has 2 heterocycles. The van der Waals surface area contributed by atoms with Gasteiger partial charge in [-0.2, -0.15) is 0 Å². The molecular formula is C23H35N5O. The Morgan fingerprint density at radius 2 is 1.93 bits per heavy atom. The summed E-state index contributed by atoms with van der Waals surface area (Å²) < 4.78 is 5.73. The average molecular weight is 398 g/mol. The second-order valence-corrected chi connectivity index (χ2v) is 7.91. The zero-order valence-electron chi connectivity index (χ0n) is 18.0. The molecule has 3 rings (SSSR count). The molecule has 0 spiro atoms. The maximum absolute atomic E-state index is 5.73. The Kier molecular flexibility index (Phi) is 8.14. The van der Waals surface area contributed by atoms with Crippen molar-refractivity contribution in [1.82, 2.24) is 20.4 Å². The number of hydrogen-bond donors (Lipinski definition) is 2. The van der Waals surface area contributed by atoms with E-state index >= 15 is 0 Å². The van der Waals surface area contributed by atoms with Crippen molar-refractivity contribution in [1.29, 1.82) is 0 Å². The lowest BCUT2D eigenvalue weighted by atomic mass is 10.1. The molecule has 0 bridgehead atoms. The number of nitrogens with one attached hydrogen (secondary N) is 2. The van der Waals surface area contributed by atoms with Gasteiger partial charge >= 0.3 is 0 Å². The third-order valence-corrected chi connectivity index (χ3v) is 5.17. The van der Waals surface area contributed by atoms with Gasteiger partial charge in [-0.1, -0.05) is 24.3 Å². The second-order valence-electron chi connectivity index (χ2n) is 7.91. The molecule has 0 aliphatic carbocycles. The summed E-state index contributed by atoms with van der Waals surface area (Å²) in [6.45, 7) is 7.56. The highest BCUT2D eigenvalue weighted by atomic mass is 16.3. The van der Waals surface area contributed by atoms with E-state index in [4.69, 9.17) is 9.41 Å². The molecule has 1 atom stereocenters. The van der Waals surface area contributed by atoms with Crippen molar-refractivity contribution in [2.45, 2.75) is 38.9 Å². The predicted octanol–water partition coefficient (Wildman–Crippen LogP) is 3.23. The van der Waals surface area contributed by atoms with Crippen LogP contribution in [-0.2, 0) is 13.1 Å². The molecule has 158 valence electrons. The van der Waals surface area contributed by atoms with Gasteiger partial charge in [0.15, 0.2) is 5.96 Å². The standard InChI is InChI=1S/C23H35N5O/c1-4-24-23(25-16-19-9-7-10-20(15-19)18-27(2)3)26-17-21(22-11-8-14-29-22)28-12-5-6-13-28/h7-11,14-15,21H,4-6,12-13,16-18H2,1-3H3,(H2,24,25,26). The molecule has 1 aliphatic rings. The molecule has 0 amide bonds. The molecule has 2 aromatic rings. The van der Waals surface area contributed by atoms with E-state index < -0.39 is 0 Å². The van der Waals surface area contributed by atoms with Crippen LogP contribution in [0.1, 0.15) is 42.7 Å². The normalized spacial score (nSPS) is 16.3. The molecule has 1 saturated heterocycles. The van der Waals surface area contributed by atoms with Crippen LogP contribution in [0.5, 0.6) is 0 Å². The monoisotopic (exact) mass is 397 g/mol. The topological polar surface area (TPSA) is 56.0 Å². The van der Waals surface area contributed by atoms with E-state index in [0.717, 1.165) is 44.4 Å². The molecule has 1 aromatic carbocycles. The summed E-state index contributed by atoms with van der Waals surface area (Å²) in [5.41, 5.74) is 2.54. The third-order valence-electron chi connectivity index (χ3n) is 5.17. The van der Waals surface area contributed by atoms with Crippen LogP contribution in [0.4, 0.5) is 0 Å². The number of nitrogens with zero attached hydrogens (tertiary/aromatic N) is 3. The zero-order valence-corrected chi connectivity index (χ0v) is 18.0. The molecule has 1 unspecified atom stereocenters. The average Bonchev–Trinajstić information content (AvgIpc) is 3.41. The molecule has 1 aliphatic heterocycles. The van der Waals surface area contributed by atoms with Gasteiger partial charge in [0.25, 0.3) is 0 Å². The van der Waals surface area contributed by atoms with Gasteiger partial charge in [0.2, 0.25) is 0 Å². The van der Waals surface area contributed by atoms with Gasteiger partial charge in [-0.25, -0.2) is 4.99 Å². The first-order valence-corrected chi connectivity index (χ1v) is 10.7. The highest BCUT2D eigenvalue weighted by molar-refractivity contribution is 5.79. The van der Waals surface area contributed by atoms with Gasteiger partial charge < -0.3 is 20.0 Å². The van der Waals surface area contributed by atoms with Gasteiger partial charge in [0.1, 0.15) is 5.76 Å². The fourth-order valence-electron chi connectivity index (χ4n) is 3.84. The first-order valence-electron chi connectivity index (χ1n) is 10.7. The molecule has 6 heteroatoms. The number of furan rings is 1. The zero-order chi connectivity index (χ0) is 20.5. The Balaban J connectivity index is 1.64. The number of guanidine groups is 1. The van der Waals surface area contributed by atoms with Crippen LogP contribution in [0, 0.1) is 0 Å². The highest BCUT2D eigenvalue weighted by Crippen LogP contribution is 2.24. The van der Waals surface area contributed by atoms with Crippen molar-refractivity contribution < 1.29 is 4.42 Å². The summed E-state index contributed by atoms with van der Waals surface area (Å²) in [4.78, 5) is 9.50. The van der Waals surface area contributed by atoms with Gasteiger partial charge in [-0.15, -0.1) is 0 Å². The van der Waals surface area contributed by atoms with E-state index in [0.29, 0.717) is 6.54 Å². The van der Waals surface area contributed by atoms with Crippen LogP contribution >= 0.6 is 0 Å². The van der Waals surface area contributed by atoms with Crippen molar-refractivity contribution in [3.8, 4) is 0 Å². The van der Waals surface area contributed by atoms with E-state index in [-0.39, 0.29) is 6.04 Å². The molecule has 2 N–H and O–H groups in total. The quantitative estimate of drug-likeness (QED) is 0.503. The van der Waals surface area contributed by atoms with Crippen molar-refractivity contribution in [2.24, 2.45) is 4.99 Å². The number of likely N-dealkylation sites (tertiary alicyclic amines) is 1. The minimum absolute atomic E-state index is 0.236. The molecule has 0 saturated carbocycles. The number of hydrogen-bond acceptors (Lipinski definition) is 4. The first-order chi connectivity index (χ1) is 14.2. The summed E-state index contributed by atoms with van der Waals surface area (Å²) in [6, 6.07) is 12.9. The van der Waals surface area contributed by atoms with Gasteiger partial charge in [0.05, 0.1) is 18.8 Å². The van der Waals surface area contributed by atoms with Gasteiger partial charge in [0, 0.05) is 19.6 Å². The van der Waals surface area contributed by atoms with E-state index in [1.165, 1.54) is 24.0 Å². The van der Waals surface area contributed by atoms with E-state index in [2.05, 4.69) is 71.8 Å². The Labute approximate surface area is 175 Å². The van der Waals surface area contributed by atoms with Crippen LogP contribution < -0.4 is 10.6 Å². The van der Waals surface area contributed by atoms with E-state index in [1.54, 1.807) is 6.26 Å². The van der Waals surface area contributed by atoms with Crippen molar-refractivity contribution in [3.05, 3.63) is 59.5 Å². The minimum Gasteiger partial charge on any atom is -0.468 e. The maximum atomic E-state index is 5.73. The SMILES string of the molecule is CCNC(=NCc1cccc(CN(C)C)c1)NCC(c1ccco1)N1CCCC1. The summed E-state index contributed by atoms with van der Waals surface area (Å²) in [5.74, 6) is 1.87. The summed E-state index contributed by atoms with van der Waals surface area (Å²) in [7, 11) is 4.18. The number of benzene rings is 1. The summed E-state index contributed by atoms with van der Waals surface area (Å²) in [6.07, 6.45) is 4.28. The van der Waals surface area contributed by atoms with Gasteiger partial charge in [-0.05, 0) is 70.2 Å². The van der Waals surface area contributed by atoms with Crippen LogP contribution in [0.2, 0.25) is 0 Å². The van der Waals surface area contributed by atoms with Crippen molar-refractivity contribution in [3.63, 3.8) is 0 Å². The van der Waals surface area contributed by atoms with E-state index in [9.17, 15) is 0 Å². The summed E-state index contributed by atoms with van der Waals surface area (Å²) >= 11 is 0. The molecule has 1 fully saturated rings. The minimum atomic E-state index is 0.236. The van der Waals surface area contributed by atoms with Crippen LogP contribution in [0.15, 0.2) is 52.1 Å². The lowest BCUT2D eigenvalue weighted by Gasteiger charge is -2.26. The van der Waals surface area contributed by atoms with Crippen LogP contribution in [-0.4, -0.2) is 56.0 Å². The summed E-state index contributed by atoms with van der Waals surface area (Å²) in [5, 5.41) is 6.90. The van der Waals surface area contributed by atoms with Crippen molar-refractivity contribution >= 4 is 5.96 Å². The molecule has 6 nitrogen and oxygen atoms in total. The Morgan fingerprint density at radius 1 is 1.14 bits per heavy atom. The maximum Gasteiger partial charge on any atom is 0.191 e. The largest absolute Gasteiger partial charge is 0.468 e. The lowest BCUT2D eigenvalue weighted by molar-refractivity contribution is 0.215. The van der Waals surface area contributed by atoms with Crippen LogP contribution in [0.3, 0.4) is 0 Å². The van der Waals surface area contributed by atoms with E-state index in [1.807, 2.05) is 6.07 Å². The Morgan fingerprint density at radius 3 is 2.62 bits per heavy atom. The fourth-order valence-corrected chi connectivity index (χ4v) is 3.84.